The van der Waals surface area contributed by atoms with Gasteiger partial charge in [0.25, 0.3) is 0 Å². The molecule has 0 spiro atoms. The minimum atomic E-state index is -0.888. The number of aliphatic hydroxyl groups is 1. The van der Waals surface area contributed by atoms with Crippen molar-refractivity contribution in [1.29, 1.82) is 5.26 Å². The second-order valence-corrected chi connectivity index (χ2v) is 5.40. The van der Waals surface area contributed by atoms with Crippen molar-refractivity contribution in [3.05, 3.63) is 41.5 Å². The van der Waals surface area contributed by atoms with E-state index in [1.165, 1.54) is 0 Å². The Balaban J connectivity index is 1.85. The number of rotatable bonds is 5. The average Bonchev–Trinajstić information content (AvgIpc) is 2.95. The lowest BCUT2D eigenvalue weighted by Gasteiger charge is -2.18. The molecule has 7 nitrogen and oxygen atoms in total. The smallest absolute Gasteiger partial charge is 0.439 e. The van der Waals surface area contributed by atoms with Gasteiger partial charge in [0.15, 0.2) is 0 Å². The molecule has 2 heterocycles. The fourth-order valence-electron chi connectivity index (χ4n) is 2.51. The molecule has 8 heteroatoms. The predicted octanol–water partition coefficient (Wildman–Crippen LogP) is 0.392. The highest BCUT2D eigenvalue weighted by Gasteiger charge is 2.27. The molecule has 0 fully saturated rings. The minimum Gasteiger partial charge on any atom is -0.439 e. The van der Waals surface area contributed by atoms with Gasteiger partial charge in [0.1, 0.15) is 17.6 Å². The highest BCUT2D eigenvalue weighted by molar-refractivity contribution is 6.61. The lowest BCUT2D eigenvalue weighted by Crippen LogP contribution is -2.27. The van der Waals surface area contributed by atoms with Gasteiger partial charge in [-0.15, -0.1) is 0 Å². The van der Waals surface area contributed by atoms with E-state index in [1.807, 2.05) is 0 Å². The summed E-state index contributed by atoms with van der Waals surface area (Å²) in [7, 11) is 0.859. The van der Waals surface area contributed by atoms with Crippen LogP contribution in [0.5, 0.6) is 11.6 Å². The van der Waals surface area contributed by atoms with Crippen LogP contribution in [0.1, 0.15) is 11.1 Å². The third-order valence-electron chi connectivity index (χ3n) is 3.77. The van der Waals surface area contributed by atoms with Crippen LogP contribution in [0.15, 0.2) is 30.3 Å². The van der Waals surface area contributed by atoms with E-state index in [4.69, 9.17) is 14.5 Å². The number of anilines is 1. The highest BCUT2D eigenvalue weighted by Crippen LogP contribution is 2.26. The van der Waals surface area contributed by atoms with Gasteiger partial charge in [0.2, 0.25) is 5.88 Å². The Morgan fingerprint density at radius 3 is 3.00 bits per heavy atom. The Bertz CT molecular complexity index is 793. The van der Waals surface area contributed by atoms with Crippen molar-refractivity contribution in [1.82, 2.24) is 4.98 Å². The summed E-state index contributed by atoms with van der Waals surface area (Å²) in [4.78, 5) is 6.05. The van der Waals surface area contributed by atoms with Crippen molar-refractivity contribution in [2.45, 2.75) is 6.61 Å². The molecular weight excluding hydrogens is 309 g/mol. The molecule has 0 atom stereocenters. The number of nitrogens with zero attached hydrogens (tertiary/aromatic N) is 3. The van der Waals surface area contributed by atoms with Crippen molar-refractivity contribution in [2.24, 2.45) is 0 Å². The number of likely N-dealkylation sites (N-methyl/N-ethyl adjacent to an activating group) is 1. The molecule has 2 aromatic rings. The molecule has 0 aliphatic carbocycles. The summed E-state index contributed by atoms with van der Waals surface area (Å²) in [5.41, 5.74) is 2.01. The summed E-state index contributed by atoms with van der Waals surface area (Å²) in [6.07, 6.45) is 0. The fraction of sp³-hybridized carbons (Fsp3) is 0.250. The average molecular weight is 325 g/mol. The number of benzene rings is 1. The molecule has 0 saturated carbocycles. The van der Waals surface area contributed by atoms with Gasteiger partial charge in [0.05, 0.1) is 18.8 Å². The Morgan fingerprint density at radius 2 is 2.25 bits per heavy atom. The molecule has 0 saturated heterocycles. The van der Waals surface area contributed by atoms with E-state index in [-0.39, 0.29) is 6.61 Å². The van der Waals surface area contributed by atoms with Crippen molar-refractivity contribution in [2.75, 3.05) is 25.1 Å². The first-order chi connectivity index (χ1) is 11.6. The van der Waals surface area contributed by atoms with Crippen LogP contribution in [-0.4, -0.2) is 42.4 Å². The summed E-state index contributed by atoms with van der Waals surface area (Å²) in [5.74, 6) is 1.36. The molecule has 122 valence electrons. The summed E-state index contributed by atoms with van der Waals surface area (Å²) >= 11 is 0. The molecule has 1 aliphatic heterocycles. The van der Waals surface area contributed by atoms with E-state index in [2.05, 4.69) is 11.1 Å². The van der Waals surface area contributed by atoms with Crippen LogP contribution in [0, 0.1) is 11.3 Å². The van der Waals surface area contributed by atoms with Crippen LogP contribution in [0.4, 0.5) is 5.82 Å². The Morgan fingerprint density at radius 1 is 1.42 bits per heavy atom. The lowest BCUT2D eigenvalue weighted by molar-refractivity contribution is 0.275. The van der Waals surface area contributed by atoms with Crippen LogP contribution in [0.2, 0.25) is 0 Å². The van der Waals surface area contributed by atoms with E-state index < -0.39 is 7.12 Å². The minimum absolute atomic E-state index is 0.0404. The standard InChI is InChI=1S/C16H16BN3O4/c1-20(6-7-21)16-11(9-18)2-5-15(19-16)24-13-3-4-14-12(8-13)10-23-17(14)22/h2-5,8,21-22H,6-7,10H2,1H3. The topological polar surface area (TPSA) is 98.8 Å². The Labute approximate surface area is 139 Å². The number of aromatic nitrogens is 1. The number of pyridine rings is 1. The Hall–Kier alpha value is -2.60. The van der Waals surface area contributed by atoms with Gasteiger partial charge in [-0.1, -0.05) is 6.07 Å². The summed E-state index contributed by atoms with van der Waals surface area (Å²) in [5, 5.41) is 27.9. The molecule has 0 radical (unpaired) electrons. The maximum Gasteiger partial charge on any atom is 0.491 e. The first-order valence-electron chi connectivity index (χ1n) is 7.46. The molecule has 0 amide bonds. The quantitative estimate of drug-likeness (QED) is 0.767. The van der Waals surface area contributed by atoms with Crippen LogP contribution in [0.25, 0.3) is 0 Å². The number of fused-ring (bicyclic) bond motifs is 1. The first-order valence-corrected chi connectivity index (χ1v) is 7.46. The second-order valence-electron chi connectivity index (χ2n) is 5.40. The fourth-order valence-corrected chi connectivity index (χ4v) is 2.51. The zero-order chi connectivity index (χ0) is 17.1. The van der Waals surface area contributed by atoms with Crippen LogP contribution in [0.3, 0.4) is 0 Å². The second kappa shape index (κ2) is 6.89. The zero-order valence-electron chi connectivity index (χ0n) is 13.1. The molecule has 1 aromatic carbocycles. The van der Waals surface area contributed by atoms with E-state index >= 15 is 0 Å². The van der Waals surface area contributed by atoms with Gasteiger partial charge < -0.3 is 24.4 Å². The van der Waals surface area contributed by atoms with E-state index in [9.17, 15) is 10.3 Å². The molecule has 0 unspecified atom stereocenters. The van der Waals surface area contributed by atoms with Crippen molar-refractivity contribution in [3.8, 4) is 17.7 Å². The zero-order valence-corrected chi connectivity index (χ0v) is 13.1. The van der Waals surface area contributed by atoms with Gasteiger partial charge in [-0.05, 0) is 29.2 Å². The third kappa shape index (κ3) is 3.19. The van der Waals surface area contributed by atoms with Crippen molar-refractivity contribution in [3.63, 3.8) is 0 Å². The largest absolute Gasteiger partial charge is 0.491 e. The summed E-state index contributed by atoms with van der Waals surface area (Å²) < 4.78 is 10.9. The van der Waals surface area contributed by atoms with E-state index in [0.29, 0.717) is 36.2 Å². The van der Waals surface area contributed by atoms with E-state index in [1.54, 1.807) is 42.3 Å². The number of aliphatic hydroxyl groups excluding tert-OH is 1. The molecule has 1 aliphatic rings. The van der Waals surface area contributed by atoms with E-state index in [0.717, 1.165) is 11.0 Å². The number of nitriles is 1. The normalized spacial score (nSPS) is 12.7. The van der Waals surface area contributed by atoms with Crippen molar-refractivity contribution >= 4 is 18.4 Å². The van der Waals surface area contributed by atoms with Gasteiger partial charge in [-0.2, -0.15) is 10.2 Å². The van der Waals surface area contributed by atoms with Gasteiger partial charge >= 0.3 is 7.12 Å². The monoisotopic (exact) mass is 325 g/mol. The van der Waals surface area contributed by atoms with Gasteiger partial charge in [0, 0.05) is 19.7 Å². The molecule has 1 aromatic heterocycles. The van der Waals surface area contributed by atoms with Crippen molar-refractivity contribution < 1.29 is 19.5 Å². The molecule has 24 heavy (non-hydrogen) atoms. The van der Waals surface area contributed by atoms with Gasteiger partial charge in [-0.3, -0.25) is 0 Å². The molecule has 2 N–H and O–H groups in total. The number of hydrogen-bond acceptors (Lipinski definition) is 7. The number of hydrogen-bond donors (Lipinski definition) is 2. The predicted molar refractivity (Wildman–Crippen MR) is 88.2 cm³/mol. The van der Waals surface area contributed by atoms with Crippen LogP contribution in [-0.2, 0) is 11.3 Å². The van der Waals surface area contributed by atoms with Gasteiger partial charge in [-0.25, -0.2) is 0 Å². The molecule has 3 rings (SSSR count). The summed E-state index contributed by atoms with van der Waals surface area (Å²) in [6.45, 7) is 0.652. The number of ether oxygens (including phenoxy) is 1. The molecule has 0 bridgehead atoms. The van der Waals surface area contributed by atoms with Crippen LogP contribution < -0.4 is 15.1 Å². The third-order valence-corrected chi connectivity index (χ3v) is 3.77. The highest BCUT2D eigenvalue weighted by atomic mass is 16.5. The maximum absolute atomic E-state index is 9.64. The SMILES string of the molecule is CN(CCO)c1nc(Oc2ccc3c(c2)COB3O)ccc1C#N. The Kier molecular flexibility index (Phi) is 4.67. The summed E-state index contributed by atoms with van der Waals surface area (Å²) in [6, 6.07) is 10.6. The first kappa shape index (κ1) is 16.3. The molecular formula is C16H16BN3O4. The van der Waals surface area contributed by atoms with Crippen LogP contribution >= 0.6 is 0 Å². The maximum atomic E-state index is 9.64. The lowest BCUT2D eigenvalue weighted by atomic mass is 9.80.